The molecule has 1 aromatic carbocycles. The van der Waals surface area contributed by atoms with Gasteiger partial charge in [0.2, 0.25) is 0 Å². The zero-order valence-electron chi connectivity index (χ0n) is 12.4. The second kappa shape index (κ2) is 6.12. The summed E-state index contributed by atoms with van der Waals surface area (Å²) >= 11 is 6.22. The van der Waals surface area contributed by atoms with Crippen molar-refractivity contribution in [1.82, 2.24) is 15.1 Å². The first-order valence-electron chi connectivity index (χ1n) is 6.72. The summed E-state index contributed by atoms with van der Waals surface area (Å²) < 4.78 is 29.4. The Labute approximate surface area is 127 Å². The van der Waals surface area contributed by atoms with Crippen LogP contribution in [0.2, 0.25) is 5.02 Å². The third-order valence-electron chi connectivity index (χ3n) is 3.43. The van der Waals surface area contributed by atoms with Crippen LogP contribution in [0.5, 0.6) is 0 Å². The molecule has 3 nitrogen and oxygen atoms in total. The minimum absolute atomic E-state index is 0.0768. The summed E-state index contributed by atoms with van der Waals surface area (Å²) in [7, 11) is 1.71. The number of aryl methyl sites for hydroxylation is 1. The lowest BCUT2D eigenvalue weighted by Gasteiger charge is -2.22. The molecular formula is C15H18ClF2N3. The third kappa shape index (κ3) is 2.94. The number of hydrogen-bond donors (Lipinski definition) is 1. The number of hydrogen-bond acceptors (Lipinski definition) is 2. The molecule has 0 aliphatic rings. The van der Waals surface area contributed by atoms with Crippen molar-refractivity contribution < 1.29 is 8.78 Å². The summed E-state index contributed by atoms with van der Waals surface area (Å²) in [6.07, 6.45) is 1.54. The number of nitrogens with zero attached hydrogens (tertiary/aromatic N) is 2. The number of halogens is 3. The molecule has 0 amide bonds. The molecule has 0 radical (unpaired) electrons. The van der Waals surface area contributed by atoms with Crippen LogP contribution >= 0.6 is 11.6 Å². The molecule has 0 bridgehead atoms. The van der Waals surface area contributed by atoms with Gasteiger partial charge in [0.1, 0.15) is 11.6 Å². The van der Waals surface area contributed by atoms with Crippen molar-refractivity contribution in [3.63, 3.8) is 0 Å². The molecule has 6 heteroatoms. The summed E-state index contributed by atoms with van der Waals surface area (Å²) in [5.74, 6) is -1.17. The monoisotopic (exact) mass is 313 g/mol. The van der Waals surface area contributed by atoms with Crippen LogP contribution in [0.3, 0.4) is 0 Å². The van der Waals surface area contributed by atoms with E-state index in [0.717, 1.165) is 6.07 Å². The molecule has 0 aliphatic heterocycles. The van der Waals surface area contributed by atoms with E-state index in [1.54, 1.807) is 18.7 Å². The molecule has 1 aromatic heterocycles. The van der Waals surface area contributed by atoms with Crippen LogP contribution in [-0.4, -0.2) is 16.8 Å². The minimum atomic E-state index is -0.606. The van der Waals surface area contributed by atoms with Crippen molar-refractivity contribution in [2.45, 2.75) is 32.9 Å². The van der Waals surface area contributed by atoms with E-state index in [9.17, 15) is 8.78 Å². The third-order valence-corrected chi connectivity index (χ3v) is 3.72. The van der Waals surface area contributed by atoms with Gasteiger partial charge in [0.25, 0.3) is 0 Å². The van der Waals surface area contributed by atoms with E-state index in [0.29, 0.717) is 21.8 Å². The van der Waals surface area contributed by atoms with Crippen LogP contribution in [0.15, 0.2) is 18.3 Å². The zero-order chi connectivity index (χ0) is 15.7. The molecule has 1 heterocycles. The van der Waals surface area contributed by atoms with Crippen LogP contribution in [-0.2, 0) is 0 Å². The first kappa shape index (κ1) is 15.9. The van der Waals surface area contributed by atoms with Crippen LogP contribution in [0.1, 0.15) is 42.8 Å². The molecule has 2 aromatic rings. The molecule has 2 rings (SSSR count). The van der Waals surface area contributed by atoms with Gasteiger partial charge < -0.3 is 5.32 Å². The van der Waals surface area contributed by atoms with Gasteiger partial charge in [0.15, 0.2) is 0 Å². The van der Waals surface area contributed by atoms with Gasteiger partial charge in [-0.05, 0) is 39.4 Å². The summed E-state index contributed by atoms with van der Waals surface area (Å²) in [5.41, 5.74) is 1.40. The maximum Gasteiger partial charge on any atom is 0.131 e. The van der Waals surface area contributed by atoms with E-state index in [4.69, 9.17) is 11.6 Å². The number of nitrogens with one attached hydrogen (secondary N) is 1. The van der Waals surface area contributed by atoms with Gasteiger partial charge in [-0.15, -0.1) is 0 Å². The number of benzene rings is 1. The fourth-order valence-electron chi connectivity index (χ4n) is 2.37. The van der Waals surface area contributed by atoms with Gasteiger partial charge in [0.05, 0.1) is 23.0 Å². The van der Waals surface area contributed by atoms with E-state index in [2.05, 4.69) is 10.4 Å². The van der Waals surface area contributed by atoms with Gasteiger partial charge in [-0.1, -0.05) is 11.6 Å². The predicted molar refractivity (Wildman–Crippen MR) is 79.6 cm³/mol. The molecule has 1 N–H and O–H groups in total. The largest absolute Gasteiger partial charge is 0.308 e. The van der Waals surface area contributed by atoms with E-state index < -0.39 is 17.7 Å². The van der Waals surface area contributed by atoms with Crippen LogP contribution in [0, 0.1) is 18.6 Å². The van der Waals surface area contributed by atoms with Gasteiger partial charge in [0, 0.05) is 17.7 Å². The molecular weight excluding hydrogens is 296 g/mol. The van der Waals surface area contributed by atoms with Crippen LogP contribution in [0.4, 0.5) is 8.78 Å². The highest BCUT2D eigenvalue weighted by Crippen LogP contribution is 2.32. The molecule has 114 valence electrons. The normalized spacial score (nSPS) is 13.0. The first-order valence-corrected chi connectivity index (χ1v) is 7.10. The lowest BCUT2D eigenvalue weighted by atomic mass is 10.00. The molecule has 1 atom stereocenters. The second-order valence-corrected chi connectivity index (χ2v) is 5.67. The predicted octanol–water partition coefficient (Wildman–Crippen LogP) is 4.01. The molecule has 0 spiro atoms. The first-order chi connectivity index (χ1) is 9.86. The number of rotatable bonds is 4. The Hall–Kier alpha value is -1.46. The maximum atomic E-state index is 14.2. The Balaban J connectivity index is 2.60. The van der Waals surface area contributed by atoms with Crippen molar-refractivity contribution in [2.24, 2.45) is 0 Å². The van der Waals surface area contributed by atoms with Crippen molar-refractivity contribution in [1.29, 1.82) is 0 Å². The fraction of sp³-hybridized carbons (Fsp3) is 0.400. The Bertz CT molecular complexity index is 653. The molecule has 0 saturated carbocycles. The minimum Gasteiger partial charge on any atom is -0.308 e. The average Bonchev–Trinajstić information content (AvgIpc) is 2.79. The van der Waals surface area contributed by atoms with Crippen molar-refractivity contribution in [3.8, 4) is 0 Å². The molecule has 0 fully saturated rings. The SMILES string of the molecule is CNC(c1cc(C)c(F)cc1F)c1c(Cl)cnn1C(C)C. The van der Waals surface area contributed by atoms with Crippen molar-refractivity contribution in [3.05, 3.63) is 51.8 Å². The van der Waals surface area contributed by atoms with E-state index in [-0.39, 0.29) is 6.04 Å². The lowest BCUT2D eigenvalue weighted by Crippen LogP contribution is -2.24. The zero-order valence-corrected chi connectivity index (χ0v) is 13.2. The van der Waals surface area contributed by atoms with Crippen molar-refractivity contribution >= 4 is 11.6 Å². The molecule has 1 unspecified atom stereocenters. The molecule has 0 saturated heterocycles. The quantitative estimate of drug-likeness (QED) is 0.924. The van der Waals surface area contributed by atoms with Gasteiger partial charge in [-0.25, -0.2) is 8.78 Å². The summed E-state index contributed by atoms with van der Waals surface area (Å²) in [6.45, 7) is 5.53. The Morgan fingerprint density at radius 3 is 2.48 bits per heavy atom. The van der Waals surface area contributed by atoms with E-state index in [1.165, 1.54) is 12.3 Å². The van der Waals surface area contributed by atoms with Crippen LogP contribution in [0.25, 0.3) is 0 Å². The summed E-state index contributed by atoms with van der Waals surface area (Å²) in [5, 5.41) is 7.71. The highest BCUT2D eigenvalue weighted by Gasteiger charge is 2.25. The topological polar surface area (TPSA) is 29.9 Å². The van der Waals surface area contributed by atoms with E-state index in [1.807, 2.05) is 13.8 Å². The Kier molecular flexibility index (Phi) is 4.64. The van der Waals surface area contributed by atoms with Gasteiger partial charge >= 0.3 is 0 Å². The highest BCUT2D eigenvalue weighted by atomic mass is 35.5. The molecule has 21 heavy (non-hydrogen) atoms. The smallest absolute Gasteiger partial charge is 0.131 e. The fourth-order valence-corrected chi connectivity index (χ4v) is 2.61. The number of aromatic nitrogens is 2. The van der Waals surface area contributed by atoms with Gasteiger partial charge in [-0.2, -0.15) is 5.10 Å². The second-order valence-electron chi connectivity index (χ2n) is 5.26. The Morgan fingerprint density at radius 2 is 1.90 bits per heavy atom. The lowest BCUT2D eigenvalue weighted by molar-refractivity contribution is 0.474. The van der Waals surface area contributed by atoms with E-state index >= 15 is 0 Å². The van der Waals surface area contributed by atoms with Crippen molar-refractivity contribution in [2.75, 3.05) is 7.05 Å². The highest BCUT2D eigenvalue weighted by molar-refractivity contribution is 6.31. The average molecular weight is 314 g/mol. The van der Waals surface area contributed by atoms with Crippen LogP contribution < -0.4 is 5.32 Å². The summed E-state index contributed by atoms with van der Waals surface area (Å²) in [6, 6.07) is 1.98. The molecule has 0 aliphatic carbocycles. The van der Waals surface area contributed by atoms with Gasteiger partial charge in [-0.3, -0.25) is 4.68 Å². The standard InChI is InChI=1S/C15H18ClF2N3/c1-8(2)21-15(11(16)7-20-21)14(19-4)10-5-9(3)12(17)6-13(10)18/h5-8,14,19H,1-4H3. The Morgan fingerprint density at radius 1 is 1.24 bits per heavy atom. The summed E-state index contributed by atoms with van der Waals surface area (Å²) in [4.78, 5) is 0. The maximum absolute atomic E-state index is 14.2.